The van der Waals surface area contributed by atoms with Crippen LogP contribution in [0.25, 0.3) is 0 Å². The van der Waals surface area contributed by atoms with Crippen LogP contribution in [0.1, 0.15) is 25.0 Å². The van der Waals surface area contributed by atoms with E-state index in [1.165, 1.54) is 0 Å². The Morgan fingerprint density at radius 2 is 1.92 bits per heavy atom. The second kappa shape index (κ2) is 4.16. The molecule has 6 heteroatoms. The summed E-state index contributed by atoms with van der Waals surface area (Å²) in [6.45, 7) is 6.03. The predicted octanol–water partition coefficient (Wildman–Crippen LogP) is 1.75. The summed E-state index contributed by atoms with van der Waals surface area (Å²) in [6.07, 6.45) is -0.218. The van der Waals surface area contributed by atoms with Crippen LogP contribution < -0.4 is 5.73 Å². The fourth-order valence-electron chi connectivity index (χ4n) is 4.71. The van der Waals surface area contributed by atoms with Crippen LogP contribution in [0.5, 0.6) is 0 Å². The van der Waals surface area contributed by atoms with Gasteiger partial charge >= 0.3 is 0 Å². The normalized spacial score (nSPS) is 45.4. The smallest absolute Gasteiger partial charge is 0.294 e. The highest BCUT2D eigenvalue weighted by Gasteiger charge is 3.00. The number of rotatable bonds is 1. The lowest BCUT2D eigenvalue weighted by Gasteiger charge is -2.30. The van der Waals surface area contributed by atoms with Gasteiger partial charge in [0, 0.05) is 5.41 Å². The molecule has 1 spiro atoms. The molecule has 0 unspecified atom stereocenters. The SMILES string of the molecule is Cc1ccc([C@]2(C)[C@]3(C#N)C(N)=N[C@@]4(OC[C@H](C)O4)[C@@]32C#N)cc1. The van der Waals surface area contributed by atoms with Gasteiger partial charge in [0.1, 0.15) is 5.84 Å². The Labute approximate surface area is 140 Å². The van der Waals surface area contributed by atoms with E-state index in [2.05, 4.69) is 17.1 Å². The van der Waals surface area contributed by atoms with Gasteiger partial charge in [-0.1, -0.05) is 36.8 Å². The highest BCUT2D eigenvalue weighted by atomic mass is 16.8. The third-order valence-corrected chi connectivity index (χ3v) is 5.96. The van der Waals surface area contributed by atoms with Crippen molar-refractivity contribution in [2.24, 2.45) is 21.6 Å². The highest BCUT2D eigenvalue weighted by molar-refractivity contribution is 6.02. The van der Waals surface area contributed by atoms with Crippen LogP contribution in [-0.2, 0) is 14.9 Å². The molecule has 2 heterocycles. The summed E-state index contributed by atoms with van der Waals surface area (Å²) in [6, 6.07) is 12.4. The summed E-state index contributed by atoms with van der Waals surface area (Å²) < 4.78 is 11.8. The van der Waals surface area contributed by atoms with E-state index in [1.807, 2.05) is 45.0 Å². The van der Waals surface area contributed by atoms with Crippen LogP contribution in [0.4, 0.5) is 0 Å². The number of amidine groups is 1. The minimum absolute atomic E-state index is 0.115. The van der Waals surface area contributed by atoms with Gasteiger partial charge in [0.2, 0.25) is 0 Å². The van der Waals surface area contributed by atoms with Crippen LogP contribution >= 0.6 is 0 Å². The Morgan fingerprint density at radius 3 is 2.42 bits per heavy atom. The number of hydrogen-bond acceptors (Lipinski definition) is 6. The van der Waals surface area contributed by atoms with Gasteiger partial charge in [-0.15, -0.1) is 0 Å². The lowest BCUT2D eigenvalue weighted by atomic mass is 9.84. The summed E-state index contributed by atoms with van der Waals surface area (Å²) in [7, 11) is 0. The standard InChI is InChI=1S/C18H18N4O2/c1-11-4-6-13(7-5-11)15(3)16(9-19)14(21)22-18(17(15,16)10-20)23-8-12(2)24-18/h4-7,12H,8H2,1-3H3,(H2,21,22)/t12-,15+,16-,17+,18+/m0/s1. The molecule has 2 N–H and O–H groups in total. The summed E-state index contributed by atoms with van der Waals surface area (Å²) >= 11 is 0. The summed E-state index contributed by atoms with van der Waals surface area (Å²) in [5, 5.41) is 20.2. The number of fused-ring (bicyclic) bond motifs is 2. The first-order valence-electron chi connectivity index (χ1n) is 7.92. The number of nitriles is 2. The van der Waals surface area contributed by atoms with Crippen molar-refractivity contribution in [1.82, 2.24) is 0 Å². The number of hydrogen-bond donors (Lipinski definition) is 1. The van der Waals surface area contributed by atoms with Crippen molar-refractivity contribution in [3.05, 3.63) is 35.4 Å². The number of nitrogens with two attached hydrogens (primary N) is 1. The number of benzene rings is 1. The van der Waals surface area contributed by atoms with Crippen molar-refractivity contribution in [1.29, 1.82) is 10.5 Å². The van der Waals surface area contributed by atoms with Gasteiger partial charge in [-0.05, 0) is 19.4 Å². The molecule has 5 atom stereocenters. The first kappa shape index (κ1) is 15.1. The van der Waals surface area contributed by atoms with Gasteiger partial charge in [-0.2, -0.15) is 10.5 Å². The van der Waals surface area contributed by atoms with E-state index < -0.39 is 22.2 Å². The van der Waals surface area contributed by atoms with E-state index in [1.54, 1.807) is 0 Å². The van der Waals surface area contributed by atoms with E-state index >= 15 is 0 Å². The zero-order valence-corrected chi connectivity index (χ0v) is 13.8. The van der Waals surface area contributed by atoms with Gasteiger partial charge in [-0.25, -0.2) is 4.99 Å². The molecule has 4 rings (SSSR count). The second-order valence-electron chi connectivity index (χ2n) is 7.03. The molecule has 0 bridgehead atoms. The zero-order chi connectivity index (χ0) is 17.4. The molecular formula is C18H18N4O2. The fourth-order valence-corrected chi connectivity index (χ4v) is 4.71. The van der Waals surface area contributed by atoms with E-state index in [0.717, 1.165) is 11.1 Å². The lowest BCUT2D eigenvalue weighted by molar-refractivity contribution is -0.196. The monoisotopic (exact) mass is 322 g/mol. The largest absolute Gasteiger partial charge is 0.386 e. The van der Waals surface area contributed by atoms with Gasteiger partial charge in [0.05, 0.1) is 24.8 Å². The van der Waals surface area contributed by atoms with Crippen LogP contribution in [0.15, 0.2) is 29.3 Å². The summed E-state index contributed by atoms with van der Waals surface area (Å²) in [5.41, 5.74) is 4.74. The molecule has 1 saturated heterocycles. The van der Waals surface area contributed by atoms with Crippen molar-refractivity contribution in [2.45, 2.75) is 38.2 Å². The van der Waals surface area contributed by atoms with Crippen molar-refractivity contribution in [3.8, 4) is 12.1 Å². The third kappa shape index (κ3) is 1.18. The number of aryl methyl sites for hydroxylation is 1. The maximum absolute atomic E-state index is 10.2. The van der Waals surface area contributed by atoms with Crippen LogP contribution in [0, 0.1) is 40.4 Å². The maximum Gasteiger partial charge on any atom is 0.294 e. The Bertz CT molecular complexity index is 851. The average Bonchev–Trinajstić information content (AvgIpc) is 2.75. The zero-order valence-electron chi connectivity index (χ0n) is 13.8. The maximum atomic E-state index is 10.2. The molecule has 24 heavy (non-hydrogen) atoms. The Hall–Kier alpha value is -2.41. The third-order valence-electron chi connectivity index (χ3n) is 5.96. The molecule has 1 aromatic rings. The van der Waals surface area contributed by atoms with E-state index in [4.69, 9.17) is 15.2 Å². The Kier molecular flexibility index (Phi) is 2.62. The molecule has 0 amide bonds. The number of nitrogens with zero attached hydrogens (tertiary/aromatic N) is 3. The highest BCUT2D eigenvalue weighted by Crippen LogP contribution is 2.85. The lowest BCUT2D eigenvalue weighted by Crippen LogP contribution is -2.42. The van der Waals surface area contributed by atoms with Crippen molar-refractivity contribution >= 4 is 5.84 Å². The molecule has 2 fully saturated rings. The molecule has 0 radical (unpaired) electrons. The molecular weight excluding hydrogens is 304 g/mol. The summed E-state index contributed by atoms with van der Waals surface area (Å²) in [5.74, 6) is -1.40. The fraction of sp³-hybridized carbons (Fsp3) is 0.500. The molecule has 3 aliphatic rings. The van der Waals surface area contributed by atoms with Gasteiger partial charge in [0.15, 0.2) is 10.8 Å². The molecule has 1 aromatic carbocycles. The topological polar surface area (TPSA) is 104 Å². The number of ether oxygens (including phenoxy) is 2. The minimum atomic E-state index is -1.51. The van der Waals surface area contributed by atoms with E-state index in [0.29, 0.717) is 6.61 Å². The Morgan fingerprint density at radius 1 is 1.25 bits per heavy atom. The number of aliphatic imine (C=N–C) groups is 1. The van der Waals surface area contributed by atoms with E-state index in [-0.39, 0.29) is 11.9 Å². The van der Waals surface area contributed by atoms with Crippen LogP contribution in [0.3, 0.4) is 0 Å². The molecule has 1 saturated carbocycles. The van der Waals surface area contributed by atoms with Crippen molar-refractivity contribution < 1.29 is 9.47 Å². The van der Waals surface area contributed by atoms with E-state index in [9.17, 15) is 10.5 Å². The van der Waals surface area contributed by atoms with Gasteiger partial charge in [-0.3, -0.25) is 0 Å². The second-order valence-corrected chi connectivity index (χ2v) is 7.03. The first-order chi connectivity index (χ1) is 11.3. The average molecular weight is 322 g/mol. The summed E-state index contributed by atoms with van der Waals surface area (Å²) in [4.78, 5) is 4.33. The Balaban J connectivity index is 1.98. The van der Waals surface area contributed by atoms with Crippen molar-refractivity contribution in [3.63, 3.8) is 0 Å². The molecule has 0 aromatic heterocycles. The minimum Gasteiger partial charge on any atom is -0.386 e. The quantitative estimate of drug-likeness (QED) is 0.848. The van der Waals surface area contributed by atoms with Crippen molar-refractivity contribution in [2.75, 3.05) is 6.61 Å². The van der Waals surface area contributed by atoms with Crippen LogP contribution in [0.2, 0.25) is 0 Å². The molecule has 2 aliphatic heterocycles. The predicted molar refractivity (Wildman–Crippen MR) is 85.5 cm³/mol. The van der Waals surface area contributed by atoms with Gasteiger partial charge < -0.3 is 15.2 Å². The molecule has 6 nitrogen and oxygen atoms in total. The van der Waals surface area contributed by atoms with Crippen LogP contribution in [-0.4, -0.2) is 24.5 Å². The first-order valence-corrected chi connectivity index (χ1v) is 7.92. The molecule has 122 valence electrons. The molecule has 1 aliphatic carbocycles. The van der Waals surface area contributed by atoms with Gasteiger partial charge in [0.25, 0.3) is 5.91 Å².